The van der Waals surface area contributed by atoms with Crippen LogP contribution in [0.1, 0.15) is 60.3 Å². The van der Waals surface area contributed by atoms with Crippen molar-refractivity contribution < 1.29 is 14.4 Å². The third-order valence-corrected chi connectivity index (χ3v) is 5.16. The molecule has 0 bridgehead atoms. The van der Waals surface area contributed by atoms with Gasteiger partial charge in [0.25, 0.3) is 11.2 Å². The molecule has 1 aromatic carbocycles. The number of aromatic amines is 1. The normalized spacial score (nSPS) is 12.5. The standard InChI is InChI=1S/C25H34N2O5/c1-6-8-19(5)16-32-24-23(31-14-13-18(4)10-7-9-17(2)3)21-12-11-20(27(29)30)15-22(21)26-25(24)28/h9,11-13,15,19H,6-8,10,14,16H2,1-5H3,(H,26,28)/b18-13+. The maximum Gasteiger partial charge on any atom is 0.294 e. The summed E-state index contributed by atoms with van der Waals surface area (Å²) in [5.74, 6) is 0.720. The lowest BCUT2D eigenvalue weighted by Crippen LogP contribution is -2.17. The minimum absolute atomic E-state index is 0.0978. The summed E-state index contributed by atoms with van der Waals surface area (Å²) in [4.78, 5) is 26.1. The number of non-ortho nitro benzene ring substituents is 1. The van der Waals surface area contributed by atoms with Crippen LogP contribution < -0.4 is 15.0 Å². The van der Waals surface area contributed by atoms with Crippen molar-refractivity contribution in [3.63, 3.8) is 0 Å². The van der Waals surface area contributed by atoms with E-state index in [4.69, 9.17) is 9.47 Å². The number of nitrogens with one attached hydrogen (secondary N) is 1. The van der Waals surface area contributed by atoms with Crippen LogP contribution in [-0.4, -0.2) is 23.1 Å². The topological polar surface area (TPSA) is 94.5 Å². The van der Waals surface area contributed by atoms with E-state index in [-0.39, 0.29) is 24.0 Å². The fourth-order valence-corrected chi connectivity index (χ4v) is 3.39. The Morgan fingerprint density at radius 2 is 1.94 bits per heavy atom. The van der Waals surface area contributed by atoms with Crippen molar-refractivity contribution in [2.75, 3.05) is 13.2 Å². The Morgan fingerprint density at radius 1 is 1.19 bits per heavy atom. The van der Waals surface area contributed by atoms with E-state index in [1.54, 1.807) is 6.07 Å². The maximum absolute atomic E-state index is 12.8. The Balaban J connectivity index is 2.34. The molecule has 7 nitrogen and oxygen atoms in total. The predicted octanol–water partition coefficient (Wildman–Crippen LogP) is 6.32. The molecule has 0 fully saturated rings. The van der Waals surface area contributed by atoms with Crippen LogP contribution in [0.2, 0.25) is 0 Å². The predicted molar refractivity (Wildman–Crippen MR) is 129 cm³/mol. The van der Waals surface area contributed by atoms with Crippen LogP contribution in [0.25, 0.3) is 10.9 Å². The summed E-state index contributed by atoms with van der Waals surface area (Å²) in [6.45, 7) is 11.0. The molecule has 0 spiro atoms. The molecule has 1 unspecified atom stereocenters. The van der Waals surface area contributed by atoms with E-state index in [2.05, 4.69) is 38.8 Å². The van der Waals surface area contributed by atoms with Crippen LogP contribution in [-0.2, 0) is 0 Å². The smallest absolute Gasteiger partial charge is 0.294 e. The number of allylic oxidation sites excluding steroid dienone is 3. The molecule has 1 N–H and O–H groups in total. The van der Waals surface area contributed by atoms with Crippen LogP contribution in [0.4, 0.5) is 5.69 Å². The highest BCUT2D eigenvalue weighted by atomic mass is 16.6. The van der Waals surface area contributed by atoms with Crippen LogP contribution in [0, 0.1) is 16.0 Å². The third kappa shape index (κ3) is 7.25. The van der Waals surface area contributed by atoms with Gasteiger partial charge in [0.05, 0.1) is 17.0 Å². The Labute approximate surface area is 189 Å². The van der Waals surface area contributed by atoms with Crippen molar-refractivity contribution in [3.8, 4) is 11.5 Å². The van der Waals surface area contributed by atoms with Crippen LogP contribution in [0.5, 0.6) is 11.5 Å². The van der Waals surface area contributed by atoms with E-state index in [1.165, 1.54) is 23.3 Å². The number of hydrogen-bond acceptors (Lipinski definition) is 5. The zero-order valence-electron chi connectivity index (χ0n) is 19.7. The summed E-state index contributed by atoms with van der Waals surface area (Å²) >= 11 is 0. The summed E-state index contributed by atoms with van der Waals surface area (Å²) in [5, 5.41) is 11.7. The quantitative estimate of drug-likeness (QED) is 0.236. The van der Waals surface area contributed by atoms with Gasteiger partial charge in [-0.05, 0) is 58.1 Å². The van der Waals surface area contributed by atoms with Crippen molar-refractivity contribution in [1.29, 1.82) is 0 Å². The number of fused-ring (bicyclic) bond motifs is 1. The minimum atomic E-state index is -0.492. The fourth-order valence-electron chi connectivity index (χ4n) is 3.39. The molecule has 0 amide bonds. The fraction of sp³-hybridized carbons (Fsp3) is 0.480. The van der Waals surface area contributed by atoms with Gasteiger partial charge in [0.2, 0.25) is 5.75 Å². The highest BCUT2D eigenvalue weighted by molar-refractivity contribution is 5.88. The molecule has 0 saturated heterocycles. The molecular formula is C25H34N2O5. The van der Waals surface area contributed by atoms with Gasteiger partial charge in [-0.3, -0.25) is 14.9 Å². The molecule has 1 atom stereocenters. The molecule has 1 heterocycles. The third-order valence-electron chi connectivity index (χ3n) is 5.16. The van der Waals surface area contributed by atoms with Gasteiger partial charge in [-0.2, -0.15) is 0 Å². The Kier molecular flexibility index (Phi) is 9.50. The molecule has 0 aliphatic rings. The molecule has 7 heteroatoms. The Hall–Kier alpha value is -3.09. The summed E-state index contributed by atoms with van der Waals surface area (Å²) < 4.78 is 11.9. The van der Waals surface area contributed by atoms with Gasteiger partial charge >= 0.3 is 0 Å². The van der Waals surface area contributed by atoms with E-state index in [0.717, 1.165) is 25.7 Å². The second kappa shape index (κ2) is 12.1. The van der Waals surface area contributed by atoms with Crippen LogP contribution >= 0.6 is 0 Å². The number of nitro benzene ring substituents is 1. The molecule has 32 heavy (non-hydrogen) atoms. The zero-order chi connectivity index (χ0) is 23.7. The first-order valence-electron chi connectivity index (χ1n) is 11.1. The number of benzene rings is 1. The summed E-state index contributed by atoms with van der Waals surface area (Å²) in [5.41, 5.74) is 2.27. The number of hydrogen-bond donors (Lipinski definition) is 1. The molecule has 2 rings (SSSR count). The van der Waals surface area contributed by atoms with Gasteiger partial charge in [0.1, 0.15) is 6.61 Å². The number of rotatable bonds is 12. The molecule has 0 radical (unpaired) electrons. The number of nitrogens with zero attached hydrogens (tertiary/aromatic N) is 1. The van der Waals surface area contributed by atoms with Crippen LogP contribution in [0.3, 0.4) is 0 Å². The van der Waals surface area contributed by atoms with E-state index in [9.17, 15) is 14.9 Å². The first kappa shape index (κ1) is 25.2. The highest BCUT2D eigenvalue weighted by Crippen LogP contribution is 2.33. The van der Waals surface area contributed by atoms with Gasteiger partial charge in [0.15, 0.2) is 5.75 Å². The van der Waals surface area contributed by atoms with Crippen molar-refractivity contribution >= 4 is 16.6 Å². The maximum atomic E-state index is 12.8. The lowest BCUT2D eigenvalue weighted by atomic mass is 10.1. The number of pyridine rings is 1. The van der Waals surface area contributed by atoms with E-state index < -0.39 is 10.5 Å². The SMILES string of the molecule is CCCC(C)COc1c(OC/C=C(\C)CCC=C(C)C)c2ccc([N+](=O)[O-])cc2[nH]c1=O. The summed E-state index contributed by atoms with van der Waals surface area (Å²) in [6, 6.07) is 4.33. The van der Waals surface area contributed by atoms with Gasteiger partial charge in [-0.25, -0.2) is 0 Å². The van der Waals surface area contributed by atoms with Crippen molar-refractivity contribution in [1.82, 2.24) is 4.98 Å². The Morgan fingerprint density at radius 3 is 2.59 bits per heavy atom. The molecule has 1 aromatic heterocycles. The average molecular weight is 443 g/mol. The molecule has 0 aliphatic heterocycles. The molecule has 0 aliphatic carbocycles. The van der Waals surface area contributed by atoms with Crippen LogP contribution in [0.15, 0.2) is 46.3 Å². The van der Waals surface area contributed by atoms with E-state index in [1.807, 2.05) is 13.0 Å². The lowest BCUT2D eigenvalue weighted by molar-refractivity contribution is -0.384. The van der Waals surface area contributed by atoms with E-state index in [0.29, 0.717) is 23.3 Å². The van der Waals surface area contributed by atoms with Crippen molar-refractivity contribution in [3.05, 3.63) is 62.0 Å². The first-order valence-corrected chi connectivity index (χ1v) is 11.1. The largest absolute Gasteiger partial charge is 0.485 e. The number of H-pyrrole nitrogens is 1. The second-order valence-corrected chi connectivity index (χ2v) is 8.49. The minimum Gasteiger partial charge on any atom is -0.485 e. The van der Waals surface area contributed by atoms with Gasteiger partial charge in [-0.15, -0.1) is 0 Å². The number of ether oxygens (including phenoxy) is 2. The second-order valence-electron chi connectivity index (χ2n) is 8.49. The number of aromatic nitrogens is 1. The molecule has 174 valence electrons. The lowest BCUT2D eigenvalue weighted by Gasteiger charge is -2.16. The van der Waals surface area contributed by atoms with Crippen molar-refractivity contribution in [2.45, 2.75) is 60.3 Å². The van der Waals surface area contributed by atoms with Crippen molar-refractivity contribution in [2.24, 2.45) is 5.92 Å². The average Bonchev–Trinajstić information content (AvgIpc) is 2.72. The summed E-state index contributed by atoms with van der Waals surface area (Å²) in [6.07, 6.45) is 8.09. The summed E-state index contributed by atoms with van der Waals surface area (Å²) in [7, 11) is 0. The molecule has 2 aromatic rings. The first-order chi connectivity index (χ1) is 15.2. The monoisotopic (exact) mass is 442 g/mol. The van der Waals surface area contributed by atoms with Gasteiger partial charge in [-0.1, -0.05) is 37.5 Å². The Bertz CT molecular complexity index is 1050. The molecule has 0 saturated carbocycles. The molecular weight excluding hydrogens is 408 g/mol. The zero-order valence-corrected chi connectivity index (χ0v) is 19.7. The van der Waals surface area contributed by atoms with E-state index >= 15 is 0 Å². The highest BCUT2D eigenvalue weighted by Gasteiger charge is 2.19. The van der Waals surface area contributed by atoms with Gasteiger partial charge < -0.3 is 14.5 Å². The van der Waals surface area contributed by atoms with Gasteiger partial charge in [0, 0.05) is 17.5 Å². The number of nitro groups is 1.